The first kappa shape index (κ1) is 19.5. The average Bonchev–Trinajstić information content (AvgIpc) is 3.21. The lowest BCUT2D eigenvalue weighted by Crippen LogP contribution is -2.42. The highest BCUT2D eigenvalue weighted by molar-refractivity contribution is 5.91. The van der Waals surface area contributed by atoms with E-state index in [1.54, 1.807) is 35.1 Å². The minimum atomic E-state index is -0.569. The van der Waals surface area contributed by atoms with Crippen LogP contribution in [0.2, 0.25) is 0 Å². The summed E-state index contributed by atoms with van der Waals surface area (Å²) in [5.41, 5.74) is 2.18. The van der Waals surface area contributed by atoms with E-state index in [-0.39, 0.29) is 19.3 Å². The average molecular weight is 407 g/mol. The van der Waals surface area contributed by atoms with Crippen molar-refractivity contribution in [3.8, 4) is 17.2 Å². The Bertz CT molecular complexity index is 1040. The van der Waals surface area contributed by atoms with Gasteiger partial charge in [0.2, 0.25) is 0 Å². The zero-order valence-electron chi connectivity index (χ0n) is 16.4. The smallest absolute Gasteiger partial charge is 0.338 e. The van der Waals surface area contributed by atoms with Gasteiger partial charge in [0, 0.05) is 11.9 Å². The fourth-order valence-corrected chi connectivity index (χ4v) is 3.04. The minimum Gasteiger partial charge on any atom is -0.486 e. The Morgan fingerprint density at radius 2 is 1.90 bits per heavy atom. The molecule has 3 aromatic rings. The third-order valence-corrected chi connectivity index (χ3v) is 4.61. The van der Waals surface area contributed by atoms with Crippen molar-refractivity contribution in [2.45, 2.75) is 13.0 Å². The third-order valence-electron chi connectivity index (χ3n) is 4.61. The van der Waals surface area contributed by atoms with E-state index < -0.39 is 11.9 Å². The van der Waals surface area contributed by atoms with Gasteiger partial charge in [-0.25, -0.2) is 9.48 Å². The van der Waals surface area contributed by atoms with Crippen molar-refractivity contribution < 1.29 is 23.8 Å². The molecule has 1 aliphatic rings. The number of nitrogens with one attached hydrogen (secondary N) is 1. The van der Waals surface area contributed by atoms with Crippen LogP contribution in [0.5, 0.6) is 11.5 Å². The number of esters is 1. The summed E-state index contributed by atoms with van der Waals surface area (Å²) >= 11 is 0. The van der Waals surface area contributed by atoms with Crippen LogP contribution in [0.15, 0.2) is 60.8 Å². The Morgan fingerprint density at radius 3 is 2.63 bits per heavy atom. The molecular weight excluding hydrogens is 386 g/mol. The van der Waals surface area contributed by atoms with E-state index in [1.165, 1.54) is 0 Å². The zero-order chi connectivity index (χ0) is 20.9. The van der Waals surface area contributed by atoms with E-state index in [9.17, 15) is 9.59 Å². The van der Waals surface area contributed by atoms with Crippen LogP contribution in [0.1, 0.15) is 16.1 Å². The second kappa shape index (κ2) is 8.69. The van der Waals surface area contributed by atoms with Gasteiger partial charge in [-0.3, -0.25) is 4.79 Å². The zero-order valence-corrected chi connectivity index (χ0v) is 16.4. The lowest BCUT2D eigenvalue weighted by atomic mass is 10.2. The number of para-hydroxylation sites is 2. The number of aromatic nitrogens is 2. The normalized spacial score (nSPS) is 14.8. The highest BCUT2D eigenvalue weighted by Crippen LogP contribution is 2.30. The first-order chi connectivity index (χ1) is 14.6. The van der Waals surface area contributed by atoms with Crippen molar-refractivity contribution in [1.82, 2.24) is 15.1 Å². The molecule has 1 amide bonds. The number of amides is 1. The number of benzene rings is 2. The molecule has 0 fully saturated rings. The SMILES string of the molecule is Cc1ccnn1-c1ccc(C(=O)OCC(=O)NC[C@H]2COc3ccccc3O2)cc1. The lowest BCUT2D eigenvalue weighted by molar-refractivity contribution is -0.124. The molecule has 1 aliphatic heterocycles. The van der Waals surface area contributed by atoms with Gasteiger partial charge in [-0.2, -0.15) is 5.10 Å². The predicted octanol–water partition coefficient (Wildman–Crippen LogP) is 2.29. The maximum atomic E-state index is 12.2. The molecule has 2 aromatic carbocycles. The summed E-state index contributed by atoms with van der Waals surface area (Å²) in [6.45, 7) is 2.15. The summed E-state index contributed by atoms with van der Waals surface area (Å²) in [4.78, 5) is 24.2. The van der Waals surface area contributed by atoms with Crippen LogP contribution in [0.4, 0.5) is 0 Å². The van der Waals surface area contributed by atoms with Gasteiger partial charge in [0.1, 0.15) is 12.7 Å². The molecule has 4 rings (SSSR count). The van der Waals surface area contributed by atoms with Crippen LogP contribution in [-0.2, 0) is 9.53 Å². The number of ether oxygens (including phenoxy) is 3. The Morgan fingerprint density at radius 1 is 1.13 bits per heavy atom. The molecule has 0 saturated heterocycles. The van der Waals surface area contributed by atoms with Crippen molar-refractivity contribution in [2.24, 2.45) is 0 Å². The molecule has 154 valence electrons. The molecule has 30 heavy (non-hydrogen) atoms. The van der Waals surface area contributed by atoms with Crippen LogP contribution in [-0.4, -0.2) is 47.5 Å². The first-order valence-corrected chi connectivity index (χ1v) is 9.53. The molecule has 0 radical (unpaired) electrons. The summed E-state index contributed by atoms with van der Waals surface area (Å²) < 4.78 is 18.2. The van der Waals surface area contributed by atoms with E-state index in [0.29, 0.717) is 23.7 Å². The van der Waals surface area contributed by atoms with Gasteiger partial charge in [0.15, 0.2) is 18.1 Å². The molecule has 1 aromatic heterocycles. The highest BCUT2D eigenvalue weighted by Gasteiger charge is 2.21. The van der Waals surface area contributed by atoms with E-state index in [4.69, 9.17) is 14.2 Å². The van der Waals surface area contributed by atoms with Crippen molar-refractivity contribution >= 4 is 11.9 Å². The minimum absolute atomic E-state index is 0.253. The fourth-order valence-electron chi connectivity index (χ4n) is 3.04. The molecule has 8 heteroatoms. The van der Waals surface area contributed by atoms with Gasteiger partial charge in [-0.05, 0) is 49.4 Å². The van der Waals surface area contributed by atoms with Crippen LogP contribution in [0, 0.1) is 6.92 Å². The molecule has 8 nitrogen and oxygen atoms in total. The number of carbonyl (C=O) groups is 2. The number of nitrogens with zero attached hydrogens (tertiary/aromatic N) is 2. The summed E-state index contributed by atoms with van der Waals surface area (Å²) in [6, 6.07) is 16.1. The number of aryl methyl sites for hydroxylation is 1. The first-order valence-electron chi connectivity index (χ1n) is 9.53. The van der Waals surface area contributed by atoms with Gasteiger partial charge in [-0.1, -0.05) is 12.1 Å². The van der Waals surface area contributed by atoms with Gasteiger partial charge in [0.25, 0.3) is 5.91 Å². The highest BCUT2D eigenvalue weighted by atomic mass is 16.6. The quantitative estimate of drug-likeness (QED) is 0.631. The van der Waals surface area contributed by atoms with Gasteiger partial charge < -0.3 is 19.5 Å². The Balaban J connectivity index is 1.23. The van der Waals surface area contributed by atoms with Crippen molar-refractivity contribution in [1.29, 1.82) is 0 Å². The van der Waals surface area contributed by atoms with Crippen LogP contribution < -0.4 is 14.8 Å². The van der Waals surface area contributed by atoms with Gasteiger partial charge in [-0.15, -0.1) is 0 Å². The van der Waals surface area contributed by atoms with Crippen LogP contribution >= 0.6 is 0 Å². The van der Waals surface area contributed by atoms with E-state index >= 15 is 0 Å². The molecule has 1 N–H and O–H groups in total. The van der Waals surface area contributed by atoms with Crippen LogP contribution in [0.3, 0.4) is 0 Å². The molecule has 1 atom stereocenters. The van der Waals surface area contributed by atoms with Gasteiger partial charge >= 0.3 is 5.97 Å². The molecule has 2 heterocycles. The molecule has 0 aliphatic carbocycles. The Hall–Kier alpha value is -3.81. The topological polar surface area (TPSA) is 91.7 Å². The second-order valence-corrected chi connectivity index (χ2v) is 6.81. The van der Waals surface area contributed by atoms with E-state index in [2.05, 4.69) is 10.4 Å². The van der Waals surface area contributed by atoms with Crippen molar-refractivity contribution in [3.63, 3.8) is 0 Å². The Kier molecular flexibility index (Phi) is 5.65. The lowest BCUT2D eigenvalue weighted by Gasteiger charge is -2.26. The molecule has 0 spiro atoms. The number of carbonyl (C=O) groups excluding carboxylic acids is 2. The summed E-state index contributed by atoms with van der Waals surface area (Å²) in [7, 11) is 0. The van der Waals surface area contributed by atoms with E-state index in [0.717, 1.165) is 11.4 Å². The third kappa shape index (κ3) is 4.43. The fraction of sp³-hybridized carbons (Fsp3) is 0.227. The number of hydrogen-bond donors (Lipinski definition) is 1. The molecule has 0 bridgehead atoms. The summed E-state index contributed by atoms with van der Waals surface area (Å²) in [5.74, 6) is 0.348. The van der Waals surface area contributed by atoms with Crippen molar-refractivity contribution in [3.05, 3.63) is 72.1 Å². The maximum absolute atomic E-state index is 12.2. The maximum Gasteiger partial charge on any atom is 0.338 e. The summed E-state index contributed by atoms with van der Waals surface area (Å²) in [6.07, 6.45) is 1.40. The van der Waals surface area contributed by atoms with Crippen LogP contribution in [0.25, 0.3) is 5.69 Å². The standard InChI is InChI=1S/C22H21N3O5/c1-15-10-11-24-25(15)17-8-6-16(7-9-17)22(27)29-14-21(26)23-12-18-13-28-19-4-2-3-5-20(19)30-18/h2-11,18H,12-14H2,1H3,(H,23,26)/t18-/m0/s1. The molecule has 0 unspecified atom stereocenters. The molecular formula is C22H21N3O5. The number of hydrogen-bond acceptors (Lipinski definition) is 6. The summed E-state index contributed by atoms with van der Waals surface area (Å²) in [5, 5.41) is 6.91. The van der Waals surface area contributed by atoms with E-state index in [1.807, 2.05) is 37.3 Å². The predicted molar refractivity (Wildman–Crippen MR) is 108 cm³/mol. The largest absolute Gasteiger partial charge is 0.486 e. The Labute approximate surface area is 173 Å². The number of rotatable bonds is 6. The number of fused-ring (bicyclic) bond motifs is 1. The van der Waals surface area contributed by atoms with Crippen molar-refractivity contribution in [2.75, 3.05) is 19.8 Å². The second-order valence-electron chi connectivity index (χ2n) is 6.81. The monoisotopic (exact) mass is 407 g/mol. The van der Waals surface area contributed by atoms with Gasteiger partial charge in [0.05, 0.1) is 17.8 Å². The molecule has 0 saturated carbocycles.